The van der Waals surface area contributed by atoms with E-state index in [1.807, 2.05) is 42.5 Å². The smallest absolute Gasteiger partial charge is 0.272 e. The molecule has 5 rings (SSSR count). The van der Waals surface area contributed by atoms with Crippen LogP contribution >= 0.6 is 35.0 Å². The number of thioether (sulfide) groups is 1. The van der Waals surface area contributed by atoms with Crippen molar-refractivity contribution < 1.29 is 14.4 Å². The average molecular weight is 654 g/mol. The van der Waals surface area contributed by atoms with Crippen molar-refractivity contribution in [1.82, 2.24) is 10.3 Å². The Bertz CT molecular complexity index is 1820. The fraction of sp³-hybridized carbons (Fsp3) is 0.0286. The summed E-state index contributed by atoms with van der Waals surface area (Å²) >= 11 is 13.9. The van der Waals surface area contributed by atoms with Gasteiger partial charge >= 0.3 is 0 Å². The van der Waals surface area contributed by atoms with E-state index in [-0.39, 0.29) is 16.6 Å². The highest BCUT2D eigenvalue weighted by molar-refractivity contribution is 8.00. The number of pyridine rings is 1. The number of halogens is 2. The molecule has 0 aliphatic carbocycles. The summed E-state index contributed by atoms with van der Waals surface area (Å²) < 4.78 is 0. The molecular formula is C35H26Cl2N4O3S. The van der Waals surface area contributed by atoms with Crippen molar-refractivity contribution in [2.75, 3.05) is 10.6 Å². The lowest BCUT2D eigenvalue weighted by Crippen LogP contribution is -2.30. The number of aromatic nitrogens is 1. The van der Waals surface area contributed by atoms with Crippen molar-refractivity contribution in [2.24, 2.45) is 0 Å². The molecule has 5 aromatic rings. The zero-order valence-electron chi connectivity index (χ0n) is 23.6. The molecule has 0 saturated heterocycles. The van der Waals surface area contributed by atoms with E-state index in [9.17, 15) is 14.4 Å². The Morgan fingerprint density at radius 2 is 1.42 bits per heavy atom. The van der Waals surface area contributed by atoms with E-state index in [1.165, 1.54) is 17.8 Å². The predicted molar refractivity (Wildman–Crippen MR) is 181 cm³/mol. The molecule has 0 spiro atoms. The summed E-state index contributed by atoms with van der Waals surface area (Å²) in [5, 5.41) is 8.40. The molecule has 0 saturated carbocycles. The number of amides is 3. The summed E-state index contributed by atoms with van der Waals surface area (Å²) in [6.45, 7) is 0. The Morgan fingerprint density at radius 1 is 0.733 bits per heavy atom. The van der Waals surface area contributed by atoms with Gasteiger partial charge in [-0.2, -0.15) is 0 Å². The topological polar surface area (TPSA) is 100 Å². The maximum Gasteiger partial charge on any atom is 0.272 e. The number of carbonyl (C=O) groups is 3. The molecule has 10 heteroatoms. The van der Waals surface area contributed by atoms with Crippen molar-refractivity contribution >= 4 is 70.3 Å². The van der Waals surface area contributed by atoms with Gasteiger partial charge in [0.25, 0.3) is 11.8 Å². The maximum atomic E-state index is 13.5. The molecule has 1 atom stereocenters. The van der Waals surface area contributed by atoms with Crippen molar-refractivity contribution in [2.45, 2.75) is 10.1 Å². The van der Waals surface area contributed by atoms with Crippen LogP contribution in [0.3, 0.4) is 0 Å². The molecule has 7 nitrogen and oxygen atoms in total. The summed E-state index contributed by atoms with van der Waals surface area (Å²) in [6.07, 6.45) is 3.09. The predicted octanol–water partition coefficient (Wildman–Crippen LogP) is 8.27. The second-order valence-electron chi connectivity index (χ2n) is 9.61. The van der Waals surface area contributed by atoms with Gasteiger partial charge in [-0.3, -0.25) is 14.4 Å². The van der Waals surface area contributed by atoms with E-state index in [1.54, 1.807) is 85.1 Å². The van der Waals surface area contributed by atoms with Crippen LogP contribution in [0.1, 0.15) is 26.7 Å². The molecule has 0 radical (unpaired) electrons. The maximum absolute atomic E-state index is 13.5. The Labute approximate surface area is 274 Å². The quantitative estimate of drug-likeness (QED) is 0.104. The van der Waals surface area contributed by atoms with Crippen LogP contribution in [0.2, 0.25) is 10.0 Å². The number of hydrogen-bond acceptors (Lipinski definition) is 5. The number of nitrogens with zero attached hydrogens (tertiary/aromatic N) is 1. The van der Waals surface area contributed by atoms with E-state index in [4.69, 9.17) is 23.2 Å². The lowest BCUT2D eigenvalue weighted by atomic mass is 10.1. The van der Waals surface area contributed by atoms with E-state index in [0.717, 1.165) is 10.5 Å². The Kier molecular flexibility index (Phi) is 10.7. The van der Waals surface area contributed by atoms with E-state index in [0.29, 0.717) is 27.7 Å². The first kappa shape index (κ1) is 31.5. The van der Waals surface area contributed by atoms with E-state index < -0.39 is 17.1 Å². The van der Waals surface area contributed by atoms with Gasteiger partial charge in [0, 0.05) is 22.3 Å². The SMILES string of the molecule is O=C(Nc1ccc(SC(C(=O)Nc2ccccn2)c2ccccc2)cc1)/C(=C/c1cccc(Cl)c1Cl)NC(=O)c1ccccc1. The number of benzene rings is 4. The first-order valence-electron chi connectivity index (χ1n) is 13.7. The van der Waals surface area contributed by atoms with Crippen LogP contribution in [0.5, 0.6) is 0 Å². The Morgan fingerprint density at radius 3 is 2.11 bits per heavy atom. The molecule has 1 heterocycles. The lowest BCUT2D eigenvalue weighted by Gasteiger charge is -2.17. The van der Waals surface area contributed by atoms with Crippen LogP contribution in [0, 0.1) is 0 Å². The van der Waals surface area contributed by atoms with Crippen LogP contribution in [0.25, 0.3) is 6.08 Å². The van der Waals surface area contributed by atoms with Crippen LogP contribution in [-0.4, -0.2) is 22.7 Å². The minimum absolute atomic E-state index is 0.0261. The van der Waals surface area contributed by atoms with Gasteiger partial charge in [0.05, 0.1) is 10.0 Å². The minimum Gasteiger partial charge on any atom is -0.321 e. The molecule has 0 aliphatic heterocycles. The zero-order chi connectivity index (χ0) is 31.6. The molecule has 0 fully saturated rings. The number of hydrogen-bond donors (Lipinski definition) is 3. The van der Waals surface area contributed by atoms with Crippen molar-refractivity contribution in [3.05, 3.63) is 160 Å². The number of nitrogens with one attached hydrogen (secondary N) is 3. The second kappa shape index (κ2) is 15.2. The highest BCUT2D eigenvalue weighted by Crippen LogP contribution is 2.36. The molecule has 45 heavy (non-hydrogen) atoms. The van der Waals surface area contributed by atoms with Gasteiger partial charge in [0.2, 0.25) is 5.91 Å². The Hall–Kier alpha value is -4.89. The van der Waals surface area contributed by atoms with Gasteiger partial charge in [-0.05, 0) is 71.8 Å². The number of rotatable bonds is 10. The fourth-order valence-electron chi connectivity index (χ4n) is 4.21. The minimum atomic E-state index is -0.562. The summed E-state index contributed by atoms with van der Waals surface area (Å²) in [5.74, 6) is -0.777. The van der Waals surface area contributed by atoms with Gasteiger partial charge in [-0.25, -0.2) is 4.98 Å². The highest BCUT2D eigenvalue weighted by Gasteiger charge is 2.23. The van der Waals surface area contributed by atoms with Crippen LogP contribution in [0.4, 0.5) is 11.5 Å². The van der Waals surface area contributed by atoms with Gasteiger partial charge in [-0.15, -0.1) is 11.8 Å². The van der Waals surface area contributed by atoms with Crippen molar-refractivity contribution in [1.29, 1.82) is 0 Å². The molecule has 224 valence electrons. The monoisotopic (exact) mass is 652 g/mol. The molecule has 0 bridgehead atoms. The molecule has 1 unspecified atom stereocenters. The average Bonchev–Trinajstić information content (AvgIpc) is 3.07. The lowest BCUT2D eigenvalue weighted by molar-refractivity contribution is -0.116. The molecule has 4 aromatic carbocycles. The highest BCUT2D eigenvalue weighted by atomic mass is 35.5. The largest absolute Gasteiger partial charge is 0.321 e. The van der Waals surface area contributed by atoms with Gasteiger partial charge in [-0.1, -0.05) is 89.9 Å². The van der Waals surface area contributed by atoms with Crippen molar-refractivity contribution in [3.63, 3.8) is 0 Å². The molecule has 1 aromatic heterocycles. The molecule has 3 N–H and O–H groups in total. The summed E-state index contributed by atoms with van der Waals surface area (Å²) in [6, 6.07) is 35.4. The third-order valence-electron chi connectivity index (χ3n) is 6.43. The zero-order valence-corrected chi connectivity index (χ0v) is 25.9. The third kappa shape index (κ3) is 8.61. The van der Waals surface area contributed by atoms with Gasteiger partial charge < -0.3 is 16.0 Å². The normalized spacial score (nSPS) is 11.7. The number of carbonyl (C=O) groups excluding carboxylic acids is 3. The van der Waals surface area contributed by atoms with E-state index in [2.05, 4.69) is 20.9 Å². The summed E-state index contributed by atoms with van der Waals surface area (Å²) in [5.41, 5.74) is 2.13. The standard InChI is InChI=1S/C35H26Cl2N4O3S/c36-28-15-9-14-25(31(28)37)22-29(40-33(42)24-12-5-2-6-13-24)34(43)39-26-17-19-27(20-18-26)45-32(23-10-3-1-4-11-23)35(44)41-30-16-7-8-21-38-30/h1-22,32H,(H,39,43)(H,40,42)(H,38,41,44)/b29-22-. The van der Waals surface area contributed by atoms with Crippen LogP contribution in [0.15, 0.2) is 138 Å². The number of anilines is 2. The van der Waals surface area contributed by atoms with E-state index >= 15 is 0 Å². The molecular weight excluding hydrogens is 627 g/mol. The van der Waals surface area contributed by atoms with Gasteiger partial charge in [0.1, 0.15) is 16.8 Å². The summed E-state index contributed by atoms with van der Waals surface area (Å²) in [4.78, 5) is 44.7. The first-order chi connectivity index (χ1) is 21.9. The first-order valence-corrected chi connectivity index (χ1v) is 15.4. The molecule has 3 amide bonds. The van der Waals surface area contributed by atoms with Gasteiger partial charge in [0.15, 0.2) is 0 Å². The van der Waals surface area contributed by atoms with Crippen LogP contribution < -0.4 is 16.0 Å². The Balaban J connectivity index is 1.34. The van der Waals surface area contributed by atoms with Crippen LogP contribution in [-0.2, 0) is 9.59 Å². The third-order valence-corrected chi connectivity index (χ3v) is 8.53. The molecule has 0 aliphatic rings. The summed E-state index contributed by atoms with van der Waals surface area (Å²) in [7, 11) is 0. The van der Waals surface area contributed by atoms with Crippen molar-refractivity contribution in [3.8, 4) is 0 Å². The second-order valence-corrected chi connectivity index (χ2v) is 11.6. The fourth-order valence-corrected chi connectivity index (χ4v) is 5.60.